The number of pyridine rings is 1. The Bertz CT molecular complexity index is 1450. The lowest BCUT2D eigenvalue weighted by molar-refractivity contribution is -0.122. The number of rotatable bonds is 9. The van der Waals surface area contributed by atoms with Crippen LogP contribution in [0.4, 0.5) is 5.82 Å². The first-order valence-electron chi connectivity index (χ1n) is 12.0. The number of benzene rings is 1. The molecule has 3 heterocycles. The van der Waals surface area contributed by atoms with Crippen molar-refractivity contribution in [3.63, 3.8) is 0 Å². The van der Waals surface area contributed by atoms with E-state index in [0.717, 1.165) is 17.5 Å². The molecule has 10 heteroatoms. The van der Waals surface area contributed by atoms with Crippen LogP contribution in [0, 0.1) is 6.92 Å². The van der Waals surface area contributed by atoms with Gasteiger partial charge in [-0.3, -0.25) is 18.9 Å². The fourth-order valence-electron chi connectivity index (χ4n) is 3.99. The van der Waals surface area contributed by atoms with Crippen LogP contribution in [0.2, 0.25) is 0 Å². The number of thiocarbonyl (C=S) groups is 1. The minimum Gasteiger partial charge on any atom is -0.493 e. The van der Waals surface area contributed by atoms with Crippen molar-refractivity contribution in [3.05, 3.63) is 68.5 Å². The van der Waals surface area contributed by atoms with Gasteiger partial charge in [-0.2, -0.15) is 0 Å². The Morgan fingerprint density at radius 1 is 1.19 bits per heavy atom. The number of fused-ring (bicyclic) bond motifs is 1. The molecular weight excluding hydrogens is 508 g/mol. The minimum atomic E-state index is -0.241. The summed E-state index contributed by atoms with van der Waals surface area (Å²) in [6.45, 7) is 6.40. The average Bonchev–Trinajstić information content (AvgIpc) is 3.16. The molecule has 1 fully saturated rings. The van der Waals surface area contributed by atoms with Crippen molar-refractivity contribution in [1.82, 2.24) is 14.3 Å². The molecule has 1 atom stereocenters. The highest BCUT2D eigenvalue weighted by Gasteiger charge is 2.32. The fraction of sp³-hybridized carbons (Fsp3) is 0.333. The second-order valence-electron chi connectivity index (χ2n) is 8.79. The molecule has 37 heavy (non-hydrogen) atoms. The Kier molecular flexibility index (Phi) is 8.19. The molecule has 1 aromatic carbocycles. The van der Waals surface area contributed by atoms with Gasteiger partial charge < -0.3 is 14.8 Å². The van der Waals surface area contributed by atoms with Crippen LogP contribution in [0.3, 0.4) is 0 Å². The summed E-state index contributed by atoms with van der Waals surface area (Å²) in [4.78, 5) is 33.6. The maximum absolute atomic E-state index is 13.5. The van der Waals surface area contributed by atoms with E-state index in [1.54, 1.807) is 31.4 Å². The highest BCUT2D eigenvalue weighted by atomic mass is 32.2. The summed E-state index contributed by atoms with van der Waals surface area (Å²) >= 11 is 6.73. The van der Waals surface area contributed by atoms with Gasteiger partial charge in [-0.15, -0.1) is 0 Å². The number of nitrogens with one attached hydrogen (secondary N) is 1. The molecule has 0 unspecified atom stereocenters. The molecule has 3 aromatic rings. The summed E-state index contributed by atoms with van der Waals surface area (Å²) in [5.41, 5.74) is 2.56. The van der Waals surface area contributed by atoms with Crippen molar-refractivity contribution in [3.8, 4) is 11.5 Å². The smallest absolute Gasteiger partial charge is 0.267 e. The van der Waals surface area contributed by atoms with Gasteiger partial charge in [0.2, 0.25) is 0 Å². The lowest BCUT2D eigenvalue weighted by atomic mass is 10.1. The Morgan fingerprint density at radius 2 is 1.95 bits per heavy atom. The molecule has 0 radical (unpaired) electrons. The van der Waals surface area contributed by atoms with Crippen LogP contribution in [0.25, 0.3) is 11.7 Å². The van der Waals surface area contributed by atoms with Crippen LogP contribution in [-0.2, 0) is 11.2 Å². The number of nitrogens with zero attached hydrogens (tertiary/aromatic N) is 3. The third-order valence-corrected chi connectivity index (χ3v) is 7.68. The number of methoxy groups -OCH3 is 2. The predicted octanol–water partition coefficient (Wildman–Crippen LogP) is 4.67. The van der Waals surface area contributed by atoms with Crippen LogP contribution in [0.15, 0.2) is 46.2 Å². The fourth-order valence-corrected chi connectivity index (χ4v) is 5.28. The molecule has 0 aliphatic carbocycles. The summed E-state index contributed by atoms with van der Waals surface area (Å²) in [5, 5.41) is 3.34. The van der Waals surface area contributed by atoms with Crippen molar-refractivity contribution < 1.29 is 14.3 Å². The molecule has 0 bridgehead atoms. The maximum Gasteiger partial charge on any atom is 0.267 e. The number of ether oxygens (including phenoxy) is 2. The van der Waals surface area contributed by atoms with Gasteiger partial charge in [0.15, 0.2) is 11.5 Å². The summed E-state index contributed by atoms with van der Waals surface area (Å²) in [6, 6.07) is 9.49. The number of hydrogen-bond acceptors (Lipinski definition) is 8. The van der Waals surface area contributed by atoms with E-state index < -0.39 is 0 Å². The van der Waals surface area contributed by atoms with E-state index in [1.807, 2.05) is 44.2 Å². The van der Waals surface area contributed by atoms with Crippen molar-refractivity contribution in [2.24, 2.45) is 0 Å². The maximum atomic E-state index is 13.5. The summed E-state index contributed by atoms with van der Waals surface area (Å²) in [7, 11) is 3.18. The van der Waals surface area contributed by atoms with E-state index in [0.29, 0.717) is 50.7 Å². The molecule has 0 spiro atoms. The van der Waals surface area contributed by atoms with E-state index in [2.05, 4.69) is 12.2 Å². The van der Waals surface area contributed by atoms with Gasteiger partial charge >= 0.3 is 0 Å². The summed E-state index contributed by atoms with van der Waals surface area (Å²) in [5.74, 6) is 1.51. The van der Waals surface area contributed by atoms with E-state index in [9.17, 15) is 9.59 Å². The standard InChI is InChI=1S/C27H30N4O4S2/c1-6-17(3)28-23-19(25(32)30-12-7-8-16(2)24(30)29-23)15-22-26(33)31(27(36)37-22)13-11-18-9-10-20(34-4)21(14-18)35-5/h7-10,12,14-15,17,28H,6,11,13H2,1-5H3/b22-15-/t17-/m0/s1. The molecule has 1 aliphatic rings. The first-order chi connectivity index (χ1) is 17.8. The number of thioether (sulfide) groups is 1. The lowest BCUT2D eigenvalue weighted by Crippen LogP contribution is -2.30. The molecule has 1 N–H and O–H groups in total. The first kappa shape index (κ1) is 26.7. The largest absolute Gasteiger partial charge is 0.493 e. The quantitative estimate of drug-likeness (QED) is 0.311. The molecule has 2 aromatic heterocycles. The van der Waals surface area contributed by atoms with E-state index in [-0.39, 0.29) is 17.5 Å². The zero-order valence-corrected chi connectivity index (χ0v) is 23.2. The highest BCUT2D eigenvalue weighted by molar-refractivity contribution is 8.26. The summed E-state index contributed by atoms with van der Waals surface area (Å²) in [6.07, 6.45) is 4.74. The molecule has 1 saturated heterocycles. The number of carbonyl (C=O) groups is 1. The SMILES string of the molecule is CC[C@H](C)Nc1nc2c(C)cccn2c(=O)c1/C=C1\SC(=S)N(CCc2ccc(OC)c(OC)c2)C1=O. The van der Waals surface area contributed by atoms with E-state index >= 15 is 0 Å². The van der Waals surface area contributed by atoms with Crippen LogP contribution in [0.5, 0.6) is 11.5 Å². The number of carbonyl (C=O) groups excluding carboxylic acids is 1. The van der Waals surface area contributed by atoms with Gasteiger partial charge in [0.05, 0.1) is 24.7 Å². The van der Waals surface area contributed by atoms with Gasteiger partial charge in [0.25, 0.3) is 11.5 Å². The Balaban J connectivity index is 1.64. The Hall–Kier alpha value is -3.37. The third kappa shape index (κ3) is 5.50. The summed E-state index contributed by atoms with van der Waals surface area (Å²) < 4.78 is 12.7. The number of hydrogen-bond donors (Lipinski definition) is 1. The monoisotopic (exact) mass is 538 g/mol. The molecular formula is C27H30N4O4S2. The second kappa shape index (κ2) is 11.4. The Morgan fingerprint density at radius 3 is 2.65 bits per heavy atom. The van der Waals surface area contributed by atoms with Gasteiger partial charge in [0.1, 0.15) is 15.8 Å². The molecule has 194 valence electrons. The number of aromatic nitrogens is 2. The third-order valence-electron chi connectivity index (χ3n) is 6.30. The van der Waals surface area contributed by atoms with Crippen molar-refractivity contribution in [2.45, 2.75) is 39.7 Å². The highest BCUT2D eigenvalue weighted by Crippen LogP contribution is 2.34. The number of aryl methyl sites for hydroxylation is 1. The van der Waals surface area contributed by atoms with E-state index in [1.165, 1.54) is 16.2 Å². The van der Waals surface area contributed by atoms with Gasteiger partial charge in [-0.1, -0.05) is 43.0 Å². The normalized spacial score (nSPS) is 15.5. The van der Waals surface area contributed by atoms with E-state index in [4.69, 9.17) is 26.7 Å². The molecule has 1 amide bonds. The van der Waals surface area contributed by atoms with Gasteiger partial charge in [-0.05, 0) is 62.1 Å². The van der Waals surface area contributed by atoms with Crippen LogP contribution in [0.1, 0.15) is 37.0 Å². The molecule has 1 aliphatic heterocycles. The second-order valence-corrected chi connectivity index (χ2v) is 10.5. The number of amides is 1. The van der Waals surface area contributed by atoms with Gasteiger partial charge in [-0.25, -0.2) is 4.98 Å². The Labute approximate surface area is 225 Å². The molecule has 4 rings (SSSR count). The predicted molar refractivity (Wildman–Crippen MR) is 153 cm³/mol. The van der Waals surface area contributed by atoms with Gasteiger partial charge in [0, 0.05) is 18.8 Å². The average molecular weight is 539 g/mol. The molecule has 0 saturated carbocycles. The van der Waals surface area contributed by atoms with Crippen molar-refractivity contribution >= 4 is 51.7 Å². The zero-order valence-electron chi connectivity index (χ0n) is 21.5. The lowest BCUT2D eigenvalue weighted by Gasteiger charge is -2.16. The number of anilines is 1. The van der Waals surface area contributed by atoms with Crippen molar-refractivity contribution in [2.75, 3.05) is 26.1 Å². The van der Waals surface area contributed by atoms with Crippen LogP contribution < -0.4 is 20.3 Å². The first-order valence-corrected chi connectivity index (χ1v) is 13.2. The van der Waals surface area contributed by atoms with Crippen LogP contribution >= 0.6 is 24.0 Å². The zero-order chi connectivity index (χ0) is 26.7. The van der Waals surface area contributed by atoms with Crippen LogP contribution in [-0.4, -0.2) is 51.3 Å². The minimum absolute atomic E-state index is 0.0986. The van der Waals surface area contributed by atoms with Crippen molar-refractivity contribution in [1.29, 1.82) is 0 Å². The topological polar surface area (TPSA) is 85.2 Å². The molecule has 8 nitrogen and oxygen atoms in total.